The van der Waals surface area contributed by atoms with Crippen LogP contribution in [0, 0.1) is 11.8 Å². The Balaban J connectivity index is 1.20. The topological polar surface area (TPSA) is 45.7 Å². The zero-order chi connectivity index (χ0) is 24.1. The molecule has 0 unspecified atom stereocenters. The quantitative estimate of drug-likeness (QED) is 0.445. The molecule has 0 radical (unpaired) electrons. The Bertz CT molecular complexity index is 941. The summed E-state index contributed by atoms with van der Waals surface area (Å²) in [7, 11) is 0. The number of hydrogen-bond acceptors (Lipinski definition) is 4. The van der Waals surface area contributed by atoms with Gasteiger partial charge in [-0.25, -0.2) is 9.78 Å². The molecule has 0 bridgehead atoms. The highest BCUT2D eigenvalue weighted by Crippen LogP contribution is 2.27. The number of anilines is 1. The molecule has 0 aliphatic carbocycles. The van der Waals surface area contributed by atoms with Gasteiger partial charge in [0.2, 0.25) is 0 Å². The molecular weight excluding hydrogens is 490 g/mol. The fourth-order valence-electron chi connectivity index (χ4n) is 5.06. The third-order valence-corrected chi connectivity index (χ3v) is 7.48. The van der Waals surface area contributed by atoms with Crippen molar-refractivity contribution >= 4 is 27.8 Å². The summed E-state index contributed by atoms with van der Waals surface area (Å²) in [6.45, 7) is 9.52. The first-order chi connectivity index (χ1) is 16.2. The molecule has 0 N–H and O–H groups in total. The number of piperidine rings is 2. The molecule has 1 amide bonds. The fraction of sp³-hybridized carbons (Fsp3) is 0.571. The zero-order valence-corrected chi connectivity index (χ0v) is 22.4. The molecule has 34 heavy (non-hydrogen) atoms. The van der Waals surface area contributed by atoms with Gasteiger partial charge < -0.3 is 14.5 Å². The number of rotatable bonds is 5. The summed E-state index contributed by atoms with van der Waals surface area (Å²) < 4.78 is 6.61. The number of carbonyl (C=O) groups is 1. The molecule has 6 heteroatoms. The number of benzene rings is 1. The van der Waals surface area contributed by atoms with Crippen LogP contribution in [0.4, 0.5) is 10.6 Å². The predicted molar refractivity (Wildman–Crippen MR) is 141 cm³/mol. The van der Waals surface area contributed by atoms with Crippen molar-refractivity contribution < 1.29 is 9.53 Å². The first-order valence-corrected chi connectivity index (χ1v) is 13.5. The van der Waals surface area contributed by atoms with Crippen LogP contribution in [0.25, 0.3) is 0 Å². The maximum Gasteiger partial charge on any atom is 0.410 e. The van der Waals surface area contributed by atoms with Crippen molar-refractivity contribution in [1.82, 2.24) is 9.88 Å². The van der Waals surface area contributed by atoms with Gasteiger partial charge in [0, 0.05) is 36.8 Å². The summed E-state index contributed by atoms with van der Waals surface area (Å²) in [4.78, 5) is 21.1. The van der Waals surface area contributed by atoms with E-state index in [0.29, 0.717) is 5.92 Å². The summed E-state index contributed by atoms with van der Waals surface area (Å²) in [5.41, 5.74) is 2.43. The van der Waals surface area contributed by atoms with Crippen molar-refractivity contribution in [2.75, 3.05) is 31.1 Å². The van der Waals surface area contributed by atoms with Gasteiger partial charge in [-0.3, -0.25) is 0 Å². The van der Waals surface area contributed by atoms with Gasteiger partial charge in [0.15, 0.2) is 0 Å². The van der Waals surface area contributed by atoms with Gasteiger partial charge in [0.1, 0.15) is 11.4 Å². The molecule has 2 aromatic rings. The number of halogens is 1. The number of amides is 1. The van der Waals surface area contributed by atoms with Crippen LogP contribution in [-0.2, 0) is 17.6 Å². The molecule has 1 aromatic heterocycles. The molecule has 4 rings (SSSR count). The van der Waals surface area contributed by atoms with Crippen molar-refractivity contribution in [3.8, 4) is 0 Å². The highest BCUT2D eigenvalue weighted by atomic mass is 79.9. The van der Waals surface area contributed by atoms with Crippen molar-refractivity contribution in [2.45, 2.75) is 64.9 Å². The fourth-order valence-corrected chi connectivity index (χ4v) is 5.38. The minimum Gasteiger partial charge on any atom is -0.444 e. The van der Waals surface area contributed by atoms with E-state index in [1.54, 1.807) is 0 Å². The Morgan fingerprint density at radius 2 is 1.47 bits per heavy atom. The molecule has 184 valence electrons. The third kappa shape index (κ3) is 7.21. The van der Waals surface area contributed by atoms with Crippen LogP contribution in [0.2, 0.25) is 0 Å². The van der Waals surface area contributed by atoms with E-state index in [0.717, 1.165) is 68.1 Å². The van der Waals surface area contributed by atoms with Gasteiger partial charge in [0.25, 0.3) is 0 Å². The third-order valence-electron chi connectivity index (χ3n) is 6.98. The summed E-state index contributed by atoms with van der Waals surface area (Å²) in [5.74, 6) is 2.46. The predicted octanol–water partition coefficient (Wildman–Crippen LogP) is 6.49. The highest BCUT2D eigenvalue weighted by Gasteiger charge is 2.27. The minimum atomic E-state index is -0.427. The van der Waals surface area contributed by atoms with Crippen molar-refractivity contribution in [2.24, 2.45) is 11.8 Å². The van der Waals surface area contributed by atoms with Crippen molar-refractivity contribution in [1.29, 1.82) is 0 Å². The lowest BCUT2D eigenvalue weighted by Crippen LogP contribution is -2.42. The van der Waals surface area contributed by atoms with E-state index in [9.17, 15) is 4.79 Å². The SMILES string of the molecule is CC(C)(C)OC(=O)N1CCC(Cc2ccc(CC3CCN(c4cc(Br)ccn4)CC3)cc2)CC1. The van der Waals surface area contributed by atoms with Gasteiger partial charge in [-0.05, 0) is 94.4 Å². The number of nitrogens with zero attached hydrogens (tertiary/aromatic N) is 3. The number of ether oxygens (including phenoxy) is 1. The Hall–Kier alpha value is -2.08. The van der Waals surface area contributed by atoms with Crippen LogP contribution in [-0.4, -0.2) is 47.8 Å². The maximum absolute atomic E-state index is 12.3. The lowest BCUT2D eigenvalue weighted by Gasteiger charge is -2.33. The van der Waals surface area contributed by atoms with Crippen molar-refractivity contribution in [3.05, 3.63) is 58.2 Å². The van der Waals surface area contributed by atoms with E-state index in [4.69, 9.17) is 4.74 Å². The van der Waals surface area contributed by atoms with E-state index in [1.165, 1.54) is 24.0 Å². The second-order valence-electron chi connectivity index (χ2n) is 10.9. The molecule has 2 saturated heterocycles. The number of pyridine rings is 1. The summed E-state index contributed by atoms with van der Waals surface area (Å²) in [6.07, 6.45) is 8.48. The van der Waals surface area contributed by atoms with E-state index < -0.39 is 5.60 Å². The van der Waals surface area contributed by atoms with Crippen LogP contribution in [0.1, 0.15) is 57.6 Å². The summed E-state index contributed by atoms with van der Waals surface area (Å²) in [5, 5.41) is 0. The molecule has 0 atom stereocenters. The molecule has 5 nitrogen and oxygen atoms in total. The molecule has 2 fully saturated rings. The number of aromatic nitrogens is 1. The monoisotopic (exact) mass is 527 g/mol. The molecule has 3 heterocycles. The zero-order valence-electron chi connectivity index (χ0n) is 20.8. The number of likely N-dealkylation sites (tertiary alicyclic amines) is 1. The van der Waals surface area contributed by atoms with Gasteiger partial charge in [-0.2, -0.15) is 0 Å². The van der Waals surface area contributed by atoms with Gasteiger partial charge in [-0.15, -0.1) is 0 Å². The van der Waals surface area contributed by atoms with E-state index in [2.05, 4.69) is 56.1 Å². The highest BCUT2D eigenvalue weighted by molar-refractivity contribution is 9.10. The summed E-state index contributed by atoms with van der Waals surface area (Å²) in [6, 6.07) is 13.4. The maximum atomic E-state index is 12.3. The van der Waals surface area contributed by atoms with Crippen LogP contribution < -0.4 is 4.90 Å². The molecule has 0 saturated carbocycles. The Morgan fingerprint density at radius 3 is 1.97 bits per heavy atom. The van der Waals surface area contributed by atoms with Gasteiger partial charge in [0.05, 0.1) is 0 Å². The molecule has 0 spiro atoms. The first kappa shape index (κ1) is 25.0. The number of carbonyl (C=O) groups excluding carboxylic acids is 1. The minimum absolute atomic E-state index is 0.172. The van der Waals surface area contributed by atoms with Crippen molar-refractivity contribution in [3.63, 3.8) is 0 Å². The standard InChI is InChI=1S/C28H38BrN3O2/c1-28(2,3)34-27(33)32-16-11-24(12-17-32)19-22-6-4-21(5-7-22)18-23-9-14-31(15-10-23)26-20-25(29)8-13-30-26/h4-8,13,20,23-24H,9-12,14-19H2,1-3H3. The second-order valence-corrected chi connectivity index (χ2v) is 11.8. The Kier molecular flexibility index (Phi) is 8.18. The molecule has 2 aliphatic heterocycles. The average molecular weight is 529 g/mol. The van der Waals surface area contributed by atoms with Gasteiger partial charge in [-0.1, -0.05) is 40.2 Å². The Morgan fingerprint density at radius 1 is 0.941 bits per heavy atom. The summed E-state index contributed by atoms with van der Waals surface area (Å²) >= 11 is 3.55. The first-order valence-electron chi connectivity index (χ1n) is 12.7. The largest absolute Gasteiger partial charge is 0.444 e. The van der Waals surface area contributed by atoms with E-state index in [1.807, 2.05) is 37.9 Å². The average Bonchev–Trinajstić information content (AvgIpc) is 2.80. The van der Waals surface area contributed by atoms with Crippen LogP contribution >= 0.6 is 15.9 Å². The lowest BCUT2D eigenvalue weighted by molar-refractivity contribution is 0.0184. The lowest BCUT2D eigenvalue weighted by atomic mass is 9.88. The van der Waals surface area contributed by atoms with E-state index >= 15 is 0 Å². The van der Waals surface area contributed by atoms with E-state index in [-0.39, 0.29) is 6.09 Å². The van der Waals surface area contributed by atoms with Gasteiger partial charge >= 0.3 is 6.09 Å². The second kappa shape index (κ2) is 11.1. The van der Waals surface area contributed by atoms with Crippen LogP contribution in [0.15, 0.2) is 47.1 Å². The number of hydrogen-bond donors (Lipinski definition) is 0. The molecule has 1 aromatic carbocycles. The van der Waals surface area contributed by atoms with Crippen LogP contribution in [0.5, 0.6) is 0 Å². The normalized spacial score (nSPS) is 18.2. The smallest absolute Gasteiger partial charge is 0.410 e. The Labute approximate surface area is 213 Å². The van der Waals surface area contributed by atoms with Crippen LogP contribution in [0.3, 0.4) is 0 Å². The molecule has 2 aliphatic rings. The molecular formula is C28H38BrN3O2.